The third-order valence-electron chi connectivity index (χ3n) is 2.97. The fraction of sp³-hybridized carbons (Fsp3) is 0.0714. The number of ether oxygens (including phenoxy) is 1. The van der Waals surface area contributed by atoms with Crippen molar-refractivity contribution in [1.82, 2.24) is 0 Å². The van der Waals surface area contributed by atoms with Crippen molar-refractivity contribution in [2.24, 2.45) is 0 Å². The lowest BCUT2D eigenvalue weighted by atomic mass is 10.1. The summed E-state index contributed by atoms with van der Waals surface area (Å²) in [5, 5.41) is 20.3. The van der Waals surface area contributed by atoms with Crippen molar-refractivity contribution < 1.29 is 23.8 Å². The Hall–Kier alpha value is -2.89. The number of hydrogen-bond acceptors (Lipinski definition) is 6. The van der Waals surface area contributed by atoms with E-state index >= 15 is 0 Å². The van der Waals surface area contributed by atoms with Crippen LogP contribution in [0.25, 0.3) is 22.3 Å². The molecule has 0 atom stereocenters. The van der Waals surface area contributed by atoms with Crippen molar-refractivity contribution in [3.05, 3.63) is 40.9 Å². The minimum absolute atomic E-state index is 0.0907. The summed E-state index contributed by atoms with van der Waals surface area (Å²) in [5.74, 6) is -0.327. The van der Waals surface area contributed by atoms with Crippen LogP contribution in [-0.2, 0) is 0 Å². The standard InChI is InChI=1S/C14H10O6/c1-18-9-5-4-7-11(15)10(8-3-2-6-19-8)14(17)20-13(7)12(9)16/h2-6,15-16H,1H3. The molecule has 3 rings (SSSR count). The normalized spacial score (nSPS) is 10.8. The molecule has 0 aliphatic heterocycles. The molecule has 0 saturated heterocycles. The highest BCUT2D eigenvalue weighted by atomic mass is 16.5. The third kappa shape index (κ3) is 1.62. The average Bonchev–Trinajstić information content (AvgIpc) is 2.94. The van der Waals surface area contributed by atoms with Crippen LogP contribution in [0, 0.1) is 0 Å². The number of hydrogen-bond donors (Lipinski definition) is 2. The van der Waals surface area contributed by atoms with Crippen molar-refractivity contribution >= 4 is 11.0 Å². The molecule has 20 heavy (non-hydrogen) atoms. The van der Waals surface area contributed by atoms with Crippen LogP contribution in [0.1, 0.15) is 0 Å². The Balaban J connectivity index is 2.40. The van der Waals surface area contributed by atoms with Crippen molar-refractivity contribution in [3.8, 4) is 28.6 Å². The molecule has 0 spiro atoms. The summed E-state index contributed by atoms with van der Waals surface area (Å²) in [6.45, 7) is 0. The van der Waals surface area contributed by atoms with E-state index in [4.69, 9.17) is 13.6 Å². The molecule has 6 nitrogen and oxygen atoms in total. The first-order valence-corrected chi connectivity index (χ1v) is 5.73. The first kappa shape index (κ1) is 12.2. The molecule has 3 aromatic rings. The van der Waals surface area contributed by atoms with Crippen LogP contribution in [0.4, 0.5) is 0 Å². The van der Waals surface area contributed by atoms with Crippen LogP contribution in [0.15, 0.2) is 44.2 Å². The van der Waals surface area contributed by atoms with E-state index in [1.54, 1.807) is 6.07 Å². The lowest BCUT2D eigenvalue weighted by Crippen LogP contribution is -2.03. The Morgan fingerprint density at radius 2 is 1.95 bits per heavy atom. The summed E-state index contributed by atoms with van der Waals surface area (Å²) in [7, 11) is 1.37. The van der Waals surface area contributed by atoms with Gasteiger partial charge in [-0.05, 0) is 24.3 Å². The maximum absolute atomic E-state index is 12.0. The van der Waals surface area contributed by atoms with E-state index in [1.165, 1.54) is 31.6 Å². The minimum atomic E-state index is -0.812. The number of fused-ring (bicyclic) bond motifs is 1. The maximum atomic E-state index is 12.0. The van der Waals surface area contributed by atoms with Crippen LogP contribution < -0.4 is 10.4 Å². The predicted octanol–water partition coefficient (Wildman–Crippen LogP) is 2.47. The van der Waals surface area contributed by atoms with Crippen LogP contribution in [0.2, 0.25) is 0 Å². The van der Waals surface area contributed by atoms with Gasteiger partial charge in [-0.25, -0.2) is 4.79 Å². The second-order valence-corrected chi connectivity index (χ2v) is 4.08. The van der Waals surface area contributed by atoms with Gasteiger partial charge in [0, 0.05) is 0 Å². The molecule has 102 valence electrons. The van der Waals surface area contributed by atoms with Gasteiger partial charge in [0.05, 0.1) is 18.8 Å². The smallest absolute Gasteiger partial charge is 0.351 e. The lowest BCUT2D eigenvalue weighted by Gasteiger charge is -2.08. The van der Waals surface area contributed by atoms with Crippen molar-refractivity contribution in [3.63, 3.8) is 0 Å². The molecule has 0 bridgehead atoms. The van der Waals surface area contributed by atoms with E-state index in [-0.39, 0.29) is 39.5 Å². The van der Waals surface area contributed by atoms with Gasteiger partial charge in [0.1, 0.15) is 17.1 Å². The summed E-state index contributed by atoms with van der Waals surface area (Å²) in [4.78, 5) is 12.0. The molecule has 2 N–H and O–H groups in total. The fourth-order valence-corrected chi connectivity index (χ4v) is 2.02. The van der Waals surface area contributed by atoms with E-state index < -0.39 is 5.63 Å². The van der Waals surface area contributed by atoms with E-state index in [1.807, 2.05) is 0 Å². The lowest BCUT2D eigenvalue weighted by molar-refractivity contribution is 0.369. The molecule has 1 aromatic carbocycles. The Kier molecular flexibility index (Phi) is 2.64. The summed E-state index contributed by atoms with van der Waals surface area (Å²) < 4.78 is 15.1. The number of rotatable bonds is 2. The number of aromatic hydroxyl groups is 2. The van der Waals surface area contributed by atoms with E-state index in [2.05, 4.69) is 0 Å². The Labute approximate surface area is 112 Å². The van der Waals surface area contributed by atoms with E-state index in [0.29, 0.717) is 0 Å². The van der Waals surface area contributed by atoms with Gasteiger partial charge in [-0.3, -0.25) is 0 Å². The highest BCUT2D eigenvalue weighted by Crippen LogP contribution is 2.40. The van der Waals surface area contributed by atoms with Crippen LogP contribution in [-0.4, -0.2) is 17.3 Å². The van der Waals surface area contributed by atoms with Crippen molar-refractivity contribution in [1.29, 1.82) is 0 Å². The Bertz CT molecular complexity index is 829. The predicted molar refractivity (Wildman–Crippen MR) is 70.1 cm³/mol. The molecule has 0 unspecified atom stereocenters. The molecule has 0 radical (unpaired) electrons. The van der Waals surface area contributed by atoms with E-state index in [0.717, 1.165) is 0 Å². The average molecular weight is 274 g/mol. The topological polar surface area (TPSA) is 93.0 Å². The molecule has 0 aliphatic carbocycles. The molecule has 2 heterocycles. The van der Waals surface area contributed by atoms with Gasteiger partial charge in [0.15, 0.2) is 11.3 Å². The summed E-state index contributed by atoms with van der Waals surface area (Å²) >= 11 is 0. The zero-order chi connectivity index (χ0) is 14.3. The molecule has 2 aromatic heterocycles. The van der Waals surface area contributed by atoms with Crippen LogP contribution in [0.5, 0.6) is 17.2 Å². The number of methoxy groups -OCH3 is 1. The van der Waals surface area contributed by atoms with Gasteiger partial charge in [-0.2, -0.15) is 0 Å². The largest absolute Gasteiger partial charge is 0.506 e. The van der Waals surface area contributed by atoms with E-state index in [9.17, 15) is 15.0 Å². The zero-order valence-corrected chi connectivity index (χ0v) is 10.4. The SMILES string of the molecule is COc1ccc2c(O)c(-c3ccco3)c(=O)oc2c1O. The molecule has 0 aliphatic rings. The molecule has 0 amide bonds. The van der Waals surface area contributed by atoms with Gasteiger partial charge in [-0.15, -0.1) is 0 Å². The van der Waals surface area contributed by atoms with Gasteiger partial charge >= 0.3 is 5.63 Å². The summed E-state index contributed by atoms with van der Waals surface area (Å²) in [6, 6.07) is 6.06. The molecular formula is C14H10O6. The fourth-order valence-electron chi connectivity index (χ4n) is 2.02. The van der Waals surface area contributed by atoms with Gasteiger partial charge in [-0.1, -0.05) is 0 Å². The molecule has 0 fully saturated rings. The Morgan fingerprint density at radius 1 is 1.15 bits per heavy atom. The number of phenolic OH excluding ortho intramolecular Hbond substituents is 1. The third-order valence-corrected chi connectivity index (χ3v) is 2.97. The number of benzene rings is 1. The number of furan rings is 1. The minimum Gasteiger partial charge on any atom is -0.506 e. The zero-order valence-electron chi connectivity index (χ0n) is 10.4. The Morgan fingerprint density at radius 3 is 2.60 bits per heavy atom. The van der Waals surface area contributed by atoms with Crippen LogP contribution in [0.3, 0.4) is 0 Å². The maximum Gasteiger partial charge on any atom is 0.351 e. The second-order valence-electron chi connectivity index (χ2n) is 4.08. The van der Waals surface area contributed by atoms with Crippen LogP contribution >= 0.6 is 0 Å². The monoisotopic (exact) mass is 274 g/mol. The first-order valence-electron chi connectivity index (χ1n) is 5.73. The second kappa shape index (κ2) is 4.34. The van der Waals surface area contributed by atoms with Crippen molar-refractivity contribution in [2.75, 3.05) is 7.11 Å². The summed E-state index contributed by atoms with van der Waals surface area (Å²) in [6.07, 6.45) is 1.38. The number of phenols is 1. The van der Waals surface area contributed by atoms with Gasteiger partial charge in [0.2, 0.25) is 5.75 Å². The molecule has 6 heteroatoms. The highest BCUT2D eigenvalue weighted by molar-refractivity contribution is 5.93. The highest BCUT2D eigenvalue weighted by Gasteiger charge is 2.21. The summed E-state index contributed by atoms with van der Waals surface area (Å²) in [5.41, 5.74) is -1.04. The quantitative estimate of drug-likeness (QED) is 0.697. The molecule has 0 saturated carbocycles. The first-order chi connectivity index (χ1) is 9.63. The van der Waals surface area contributed by atoms with Crippen molar-refractivity contribution in [2.45, 2.75) is 0 Å². The van der Waals surface area contributed by atoms with Gasteiger partial charge < -0.3 is 23.8 Å². The van der Waals surface area contributed by atoms with Gasteiger partial charge in [0.25, 0.3) is 0 Å². The molecular weight excluding hydrogens is 264 g/mol.